The molecule has 2 aromatic carbocycles. The number of hydrogen-bond donors (Lipinski definition) is 1. The normalized spacial score (nSPS) is 12.0. The highest BCUT2D eigenvalue weighted by Gasteiger charge is 2.24. The van der Waals surface area contributed by atoms with Gasteiger partial charge in [-0.25, -0.2) is 0 Å². The first kappa shape index (κ1) is 23.4. The van der Waals surface area contributed by atoms with E-state index in [-0.39, 0.29) is 17.9 Å². The maximum absolute atomic E-state index is 13.7. The fourth-order valence-electron chi connectivity index (χ4n) is 4.50. The molecule has 34 heavy (non-hydrogen) atoms. The lowest BCUT2D eigenvalue weighted by Gasteiger charge is -2.29. The SMILES string of the molecule is Cc1cc(C(=O)N(C)[C@H](CCNC(=O)c2cccn2C)Cc2ccccc2)c2ccn(C)c2c1. The van der Waals surface area contributed by atoms with Crippen molar-refractivity contribution in [2.45, 2.75) is 25.8 Å². The van der Waals surface area contributed by atoms with Gasteiger partial charge < -0.3 is 19.4 Å². The monoisotopic (exact) mass is 456 g/mol. The highest BCUT2D eigenvalue weighted by molar-refractivity contribution is 6.07. The average molecular weight is 457 g/mol. The average Bonchev–Trinajstić information content (AvgIpc) is 3.43. The number of fused-ring (bicyclic) bond motifs is 1. The van der Waals surface area contributed by atoms with Crippen molar-refractivity contribution < 1.29 is 9.59 Å². The van der Waals surface area contributed by atoms with Gasteiger partial charge in [-0.05, 0) is 61.2 Å². The van der Waals surface area contributed by atoms with Gasteiger partial charge in [0.05, 0.1) is 0 Å². The predicted octanol–water partition coefficient (Wildman–Crippen LogP) is 4.33. The van der Waals surface area contributed by atoms with Crippen LogP contribution >= 0.6 is 0 Å². The van der Waals surface area contributed by atoms with E-state index in [2.05, 4.69) is 23.5 Å². The molecular weight excluding hydrogens is 424 g/mol. The molecule has 2 amide bonds. The van der Waals surface area contributed by atoms with Crippen molar-refractivity contribution in [3.8, 4) is 0 Å². The van der Waals surface area contributed by atoms with Crippen LogP contribution in [0.1, 0.15) is 38.4 Å². The lowest BCUT2D eigenvalue weighted by Crippen LogP contribution is -2.41. The van der Waals surface area contributed by atoms with Gasteiger partial charge in [0, 0.05) is 62.6 Å². The Morgan fingerprint density at radius 3 is 2.44 bits per heavy atom. The fourth-order valence-corrected chi connectivity index (χ4v) is 4.50. The number of carbonyl (C=O) groups is 2. The summed E-state index contributed by atoms with van der Waals surface area (Å²) in [6, 6.07) is 19.8. The third-order valence-corrected chi connectivity index (χ3v) is 6.50. The second-order valence-corrected chi connectivity index (χ2v) is 8.98. The van der Waals surface area contributed by atoms with Crippen LogP contribution in [-0.4, -0.2) is 45.5 Å². The predicted molar refractivity (Wildman–Crippen MR) is 136 cm³/mol. The molecule has 4 rings (SSSR count). The number of nitrogens with one attached hydrogen (secondary N) is 1. The number of aryl methyl sites for hydroxylation is 3. The number of rotatable bonds is 8. The number of likely N-dealkylation sites (N-methyl/N-ethyl adjacent to an activating group) is 1. The molecule has 0 spiro atoms. The molecular formula is C28H32N4O2. The Labute approximate surface area is 200 Å². The maximum atomic E-state index is 13.7. The molecule has 2 heterocycles. The van der Waals surface area contributed by atoms with E-state index >= 15 is 0 Å². The summed E-state index contributed by atoms with van der Waals surface area (Å²) in [5.74, 6) is -0.112. The van der Waals surface area contributed by atoms with Crippen molar-refractivity contribution in [1.82, 2.24) is 19.4 Å². The summed E-state index contributed by atoms with van der Waals surface area (Å²) in [4.78, 5) is 28.1. The molecule has 0 aliphatic heterocycles. The van der Waals surface area contributed by atoms with Crippen LogP contribution in [0.2, 0.25) is 0 Å². The number of nitrogens with zero attached hydrogens (tertiary/aromatic N) is 3. The van der Waals surface area contributed by atoms with E-state index in [0.29, 0.717) is 30.6 Å². The van der Waals surface area contributed by atoms with Gasteiger partial charge in [-0.15, -0.1) is 0 Å². The third-order valence-electron chi connectivity index (χ3n) is 6.50. The molecule has 0 saturated heterocycles. The summed E-state index contributed by atoms with van der Waals surface area (Å²) in [5, 5.41) is 3.98. The molecule has 1 atom stereocenters. The van der Waals surface area contributed by atoms with Crippen LogP contribution in [0.15, 0.2) is 73.1 Å². The van der Waals surface area contributed by atoms with Crippen molar-refractivity contribution >= 4 is 22.7 Å². The number of carbonyl (C=O) groups excluding carboxylic acids is 2. The summed E-state index contributed by atoms with van der Waals surface area (Å²) in [6.45, 7) is 2.50. The molecule has 2 aromatic heterocycles. The summed E-state index contributed by atoms with van der Waals surface area (Å²) < 4.78 is 3.84. The van der Waals surface area contributed by atoms with E-state index in [4.69, 9.17) is 0 Å². The number of amides is 2. The Bertz CT molecular complexity index is 1300. The standard InChI is InChI=1S/C28H32N4O2/c1-20-17-24(23-13-16-31(3)26(23)18-20)28(34)32(4)22(19-21-9-6-5-7-10-21)12-14-29-27(33)25-11-8-15-30(25)2/h5-11,13,15-18,22H,12,14,19H2,1-4H3,(H,29,33)/t22-/m1/s1. The van der Waals surface area contributed by atoms with Crippen molar-refractivity contribution in [3.63, 3.8) is 0 Å². The van der Waals surface area contributed by atoms with Crippen molar-refractivity contribution in [3.05, 3.63) is 95.4 Å². The molecule has 0 fully saturated rings. The van der Waals surface area contributed by atoms with Crippen molar-refractivity contribution in [1.29, 1.82) is 0 Å². The van der Waals surface area contributed by atoms with Crippen LogP contribution in [0.5, 0.6) is 0 Å². The quantitative estimate of drug-likeness (QED) is 0.429. The van der Waals surface area contributed by atoms with Gasteiger partial charge in [0.15, 0.2) is 0 Å². The minimum Gasteiger partial charge on any atom is -0.351 e. The topological polar surface area (TPSA) is 59.3 Å². The van der Waals surface area contributed by atoms with E-state index in [9.17, 15) is 9.59 Å². The Hall–Kier alpha value is -3.80. The molecule has 0 unspecified atom stereocenters. The Balaban J connectivity index is 1.55. The lowest BCUT2D eigenvalue weighted by atomic mass is 9.99. The molecule has 1 N–H and O–H groups in total. The van der Waals surface area contributed by atoms with E-state index in [1.165, 1.54) is 0 Å². The van der Waals surface area contributed by atoms with Crippen LogP contribution in [0.3, 0.4) is 0 Å². The zero-order valence-electron chi connectivity index (χ0n) is 20.3. The first-order valence-corrected chi connectivity index (χ1v) is 11.6. The summed E-state index contributed by atoms with van der Waals surface area (Å²) in [5.41, 5.74) is 4.60. The molecule has 176 valence electrons. The molecule has 0 saturated carbocycles. The molecule has 6 heteroatoms. The minimum atomic E-state index is -0.107. The summed E-state index contributed by atoms with van der Waals surface area (Å²) in [6.07, 6.45) is 5.21. The van der Waals surface area contributed by atoms with Crippen LogP contribution in [-0.2, 0) is 20.5 Å². The third kappa shape index (κ3) is 4.91. The summed E-state index contributed by atoms with van der Waals surface area (Å²) >= 11 is 0. The molecule has 0 radical (unpaired) electrons. The molecule has 6 nitrogen and oxygen atoms in total. The first-order valence-electron chi connectivity index (χ1n) is 11.6. The van der Waals surface area contributed by atoms with Crippen LogP contribution in [0.25, 0.3) is 10.9 Å². The van der Waals surface area contributed by atoms with Crippen LogP contribution in [0, 0.1) is 6.92 Å². The van der Waals surface area contributed by atoms with E-state index in [0.717, 1.165) is 22.0 Å². The highest BCUT2D eigenvalue weighted by atomic mass is 16.2. The van der Waals surface area contributed by atoms with E-state index < -0.39 is 0 Å². The number of aromatic nitrogens is 2. The van der Waals surface area contributed by atoms with Crippen LogP contribution in [0.4, 0.5) is 0 Å². The van der Waals surface area contributed by atoms with Gasteiger partial charge in [0.1, 0.15) is 5.69 Å². The van der Waals surface area contributed by atoms with Crippen molar-refractivity contribution in [2.24, 2.45) is 14.1 Å². The van der Waals surface area contributed by atoms with Gasteiger partial charge in [0.25, 0.3) is 11.8 Å². The molecule has 0 bridgehead atoms. The van der Waals surface area contributed by atoms with Gasteiger partial charge in [-0.2, -0.15) is 0 Å². The van der Waals surface area contributed by atoms with Gasteiger partial charge in [-0.3, -0.25) is 9.59 Å². The second kappa shape index (κ2) is 10.00. The zero-order valence-corrected chi connectivity index (χ0v) is 20.3. The Morgan fingerprint density at radius 2 is 1.74 bits per heavy atom. The Kier molecular flexibility index (Phi) is 6.87. The smallest absolute Gasteiger partial charge is 0.267 e. The van der Waals surface area contributed by atoms with E-state index in [1.807, 2.05) is 86.3 Å². The largest absolute Gasteiger partial charge is 0.351 e. The maximum Gasteiger partial charge on any atom is 0.267 e. The zero-order chi connectivity index (χ0) is 24.2. The highest BCUT2D eigenvalue weighted by Crippen LogP contribution is 2.24. The molecule has 0 aliphatic rings. The number of benzene rings is 2. The van der Waals surface area contributed by atoms with Gasteiger partial charge in [0.2, 0.25) is 0 Å². The molecule has 0 aliphatic carbocycles. The van der Waals surface area contributed by atoms with Crippen molar-refractivity contribution in [2.75, 3.05) is 13.6 Å². The van der Waals surface area contributed by atoms with Gasteiger partial charge >= 0.3 is 0 Å². The second-order valence-electron chi connectivity index (χ2n) is 8.98. The number of hydrogen-bond acceptors (Lipinski definition) is 2. The van der Waals surface area contributed by atoms with Crippen LogP contribution < -0.4 is 5.32 Å². The van der Waals surface area contributed by atoms with E-state index in [1.54, 1.807) is 10.6 Å². The van der Waals surface area contributed by atoms with Gasteiger partial charge in [-0.1, -0.05) is 30.3 Å². The summed E-state index contributed by atoms with van der Waals surface area (Å²) in [7, 11) is 5.71. The lowest BCUT2D eigenvalue weighted by molar-refractivity contribution is 0.0724. The minimum absolute atomic E-state index is 0.00501. The Morgan fingerprint density at radius 1 is 0.971 bits per heavy atom. The molecule has 4 aromatic rings. The first-order chi connectivity index (χ1) is 16.3. The fraction of sp³-hybridized carbons (Fsp3) is 0.286.